The second kappa shape index (κ2) is 8.31. The van der Waals surface area contributed by atoms with Gasteiger partial charge in [0.2, 0.25) is 0 Å². The van der Waals surface area contributed by atoms with Gasteiger partial charge in [0.1, 0.15) is 0 Å². The third-order valence-corrected chi connectivity index (χ3v) is 4.53. The lowest BCUT2D eigenvalue weighted by Crippen LogP contribution is -2.43. The van der Waals surface area contributed by atoms with Gasteiger partial charge in [-0.3, -0.25) is 4.90 Å². The highest BCUT2D eigenvalue weighted by atomic mass is 35.5. The first-order valence-corrected chi connectivity index (χ1v) is 8.17. The van der Waals surface area contributed by atoms with Crippen molar-refractivity contribution in [2.24, 2.45) is 0 Å². The van der Waals surface area contributed by atoms with Crippen LogP contribution in [0.15, 0.2) is 24.4 Å². The number of aromatic nitrogens is 3. The molecule has 5 nitrogen and oxygen atoms in total. The van der Waals surface area contributed by atoms with Crippen LogP contribution in [0.5, 0.6) is 0 Å². The molecule has 126 valence electrons. The molecule has 0 bridgehead atoms. The predicted molar refractivity (Wildman–Crippen MR) is 96.0 cm³/mol. The lowest BCUT2D eigenvalue weighted by atomic mass is 10.1. The Morgan fingerprint density at radius 3 is 2.91 bits per heavy atom. The van der Waals surface area contributed by atoms with Crippen molar-refractivity contribution in [3.63, 3.8) is 0 Å². The number of rotatable bonds is 4. The average molecular weight is 377 g/mol. The van der Waals surface area contributed by atoms with Gasteiger partial charge in [-0.1, -0.05) is 28.4 Å². The maximum Gasteiger partial charge on any atom is 0.0971 e. The maximum atomic E-state index is 6.21. The summed E-state index contributed by atoms with van der Waals surface area (Å²) in [5.41, 5.74) is 1.74. The third kappa shape index (κ3) is 4.58. The van der Waals surface area contributed by atoms with Gasteiger partial charge < -0.3 is 5.32 Å². The number of likely N-dealkylation sites (tertiary alicyclic amines) is 1. The molecule has 2 heterocycles. The Labute approximate surface area is 152 Å². The molecule has 8 heteroatoms. The molecule has 1 aliphatic heterocycles. The molecule has 0 amide bonds. The molecule has 1 aromatic carbocycles. The zero-order valence-electron chi connectivity index (χ0n) is 12.9. The highest BCUT2D eigenvalue weighted by Gasteiger charge is 2.19. The number of nitrogens with zero attached hydrogens (tertiary/aromatic N) is 4. The van der Waals surface area contributed by atoms with Crippen LogP contribution in [0.4, 0.5) is 0 Å². The summed E-state index contributed by atoms with van der Waals surface area (Å²) in [7, 11) is 2.02. The van der Waals surface area contributed by atoms with Crippen molar-refractivity contribution in [3.05, 3.63) is 40.1 Å². The Bertz CT molecular complexity index is 646. The van der Waals surface area contributed by atoms with E-state index in [9.17, 15) is 0 Å². The zero-order chi connectivity index (χ0) is 15.5. The third-order valence-electron chi connectivity index (χ3n) is 4.00. The molecular weight excluding hydrogens is 357 g/mol. The molecule has 1 unspecified atom stereocenters. The molecular formula is C15H20Cl3N5. The molecule has 1 saturated heterocycles. The van der Waals surface area contributed by atoms with E-state index in [0.29, 0.717) is 16.1 Å². The van der Waals surface area contributed by atoms with Crippen LogP contribution < -0.4 is 5.32 Å². The average Bonchev–Trinajstić information content (AvgIpc) is 2.95. The lowest BCUT2D eigenvalue weighted by Gasteiger charge is -2.31. The molecule has 0 radical (unpaired) electrons. The van der Waals surface area contributed by atoms with Crippen molar-refractivity contribution in [1.82, 2.24) is 25.2 Å². The summed E-state index contributed by atoms with van der Waals surface area (Å²) in [5, 5.41) is 13.0. The van der Waals surface area contributed by atoms with E-state index in [1.54, 1.807) is 16.8 Å². The normalized spacial score (nSPS) is 18.7. The summed E-state index contributed by atoms with van der Waals surface area (Å²) in [6.07, 6.45) is 4.38. The van der Waals surface area contributed by atoms with Crippen LogP contribution in [0, 0.1) is 0 Å². The van der Waals surface area contributed by atoms with Crippen LogP contribution in [-0.2, 0) is 6.54 Å². The second-order valence-electron chi connectivity index (χ2n) is 5.61. The number of hydrogen-bond acceptors (Lipinski definition) is 4. The van der Waals surface area contributed by atoms with Crippen molar-refractivity contribution in [2.75, 3.05) is 20.1 Å². The van der Waals surface area contributed by atoms with Crippen molar-refractivity contribution >= 4 is 35.6 Å². The summed E-state index contributed by atoms with van der Waals surface area (Å²) in [5.74, 6) is 0. The topological polar surface area (TPSA) is 46.0 Å². The molecule has 0 spiro atoms. The number of halogens is 3. The molecule has 0 aliphatic carbocycles. The molecule has 1 atom stereocenters. The van der Waals surface area contributed by atoms with Crippen LogP contribution in [0.3, 0.4) is 0 Å². The fourth-order valence-electron chi connectivity index (χ4n) is 2.82. The number of piperidine rings is 1. The number of likely N-dealkylation sites (N-methyl/N-ethyl adjacent to an activating group) is 1. The molecule has 1 N–H and O–H groups in total. The van der Waals surface area contributed by atoms with Gasteiger partial charge in [-0.2, -0.15) is 0 Å². The number of nitrogens with one attached hydrogen (secondary N) is 1. The van der Waals surface area contributed by atoms with E-state index in [1.165, 1.54) is 12.8 Å². The Morgan fingerprint density at radius 1 is 1.35 bits per heavy atom. The van der Waals surface area contributed by atoms with E-state index < -0.39 is 0 Å². The standard InChI is InChI=1S/C15H19Cl2N5.ClH/c1-18-12-3-2-6-21(8-12)9-13-10-22(20-19-13)15-5-4-11(16)7-14(15)17;/h4-5,7,10,12,18H,2-3,6,8-9H2,1H3;1H. The quantitative estimate of drug-likeness (QED) is 0.890. The van der Waals surface area contributed by atoms with Crippen LogP contribution in [0.2, 0.25) is 10.0 Å². The first kappa shape index (κ1) is 18.5. The Morgan fingerprint density at radius 2 is 2.17 bits per heavy atom. The smallest absolute Gasteiger partial charge is 0.0971 e. The molecule has 2 aromatic rings. The summed E-state index contributed by atoms with van der Waals surface area (Å²) in [6, 6.07) is 5.92. The van der Waals surface area contributed by atoms with Gasteiger partial charge in [-0.05, 0) is 44.6 Å². The van der Waals surface area contributed by atoms with Gasteiger partial charge in [-0.25, -0.2) is 4.68 Å². The van der Waals surface area contributed by atoms with Gasteiger partial charge >= 0.3 is 0 Å². The number of benzene rings is 1. The van der Waals surface area contributed by atoms with Crippen LogP contribution in [0.1, 0.15) is 18.5 Å². The van der Waals surface area contributed by atoms with E-state index in [4.69, 9.17) is 23.2 Å². The molecule has 1 aromatic heterocycles. The minimum Gasteiger partial charge on any atom is -0.316 e. The van der Waals surface area contributed by atoms with E-state index in [2.05, 4.69) is 20.5 Å². The second-order valence-corrected chi connectivity index (χ2v) is 6.46. The van der Waals surface area contributed by atoms with Gasteiger partial charge in [0, 0.05) is 24.2 Å². The first-order chi connectivity index (χ1) is 10.7. The highest BCUT2D eigenvalue weighted by Crippen LogP contribution is 2.24. The molecule has 3 rings (SSSR count). The fourth-order valence-corrected chi connectivity index (χ4v) is 3.31. The van der Waals surface area contributed by atoms with E-state index in [-0.39, 0.29) is 12.4 Å². The van der Waals surface area contributed by atoms with Gasteiger partial charge in [0.25, 0.3) is 0 Å². The van der Waals surface area contributed by atoms with E-state index in [1.807, 2.05) is 19.3 Å². The molecule has 1 aliphatic rings. The van der Waals surface area contributed by atoms with E-state index in [0.717, 1.165) is 31.0 Å². The van der Waals surface area contributed by atoms with Gasteiger partial charge in [0.15, 0.2) is 0 Å². The van der Waals surface area contributed by atoms with Crippen molar-refractivity contribution in [3.8, 4) is 5.69 Å². The van der Waals surface area contributed by atoms with Crippen LogP contribution >= 0.6 is 35.6 Å². The summed E-state index contributed by atoms with van der Waals surface area (Å²) >= 11 is 12.1. The molecule has 23 heavy (non-hydrogen) atoms. The van der Waals surface area contributed by atoms with Gasteiger partial charge in [0.05, 0.1) is 22.6 Å². The van der Waals surface area contributed by atoms with Crippen molar-refractivity contribution in [1.29, 1.82) is 0 Å². The van der Waals surface area contributed by atoms with Gasteiger partial charge in [-0.15, -0.1) is 17.5 Å². The minimum absolute atomic E-state index is 0. The minimum atomic E-state index is 0. The Hall–Kier alpha value is -0.850. The summed E-state index contributed by atoms with van der Waals surface area (Å²) < 4.78 is 1.70. The zero-order valence-corrected chi connectivity index (χ0v) is 15.2. The first-order valence-electron chi connectivity index (χ1n) is 7.42. The van der Waals surface area contributed by atoms with E-state index >= 15 is 0 Å². The highest BCUT2D eigenvalue weighted by molar-refractivity contribution is 6.35. The largest absolute Gasteiger partial charge is 0.316 e. The molecule has 0 saturated carbocycles. The van der Waals surface area contributed by atoms with Crippen molar-refractivity contribution in [2.45, 2.75) is 25.4 Å². The maximum absolute atomic E-state index is 6.21. The lowest BCUT2D eigenvalue weighted by molar-refractivity contribution is 0.186. The van der Waals surface area contributed by atoms with Crippen LogP contribution in [-0.4, -0.2) is 46.1 Å². The SMILES string of the molecule is CNC1CCCN(Cc2cn(-c3ccc(Cl)cc3Cl)nn2)C1.Cl. The predicted octanol–water partition coefficient (Wildman–Crippen LogP) is 3.18. The Kier molecular flexibility index (Phi) is 6.68. The fraction of sp³-hybridized carbons (Fsp3) is 0.467. The summed E-state index contributed by atoms with van der Waals surface area (Å²) in [6.45, 7) is 2.96. The number of hydrogen-bond donors (Lipinski definition) is 1. The summed E-state index contributed by atoms with van der Waals surface area (Å²) in [4.78, 5) is 2.41. The van der Waals surface area contributed by atoms with Crippen molar-refractivity contribution < 1.29 is 0 Å². The molecule has 1 fully saturated rings. The Balaban J connectivity index is 0.00000192. The van der Waals surface area contributed by atoms with Crippen LogP contribution in [0.25, 0.3) is 5.69 Å². The monoisotopic (exact) mass is 375 g/mol.